The molecule has 0 saturated carbocycles. The fraction of sp³-hybridized carbons (Fsp3) is 0.167. The van der Waals surface area contributed by atoms with Gasteiger partial charge in [0.2, 0.25) is 0 Å². The number of anilines is 2. The lowest BCUT2D eigenvalue weighted by molar-refractivity contribution is -0.132. The zero-order valence-corrected chi connectivity index (χ0v) is 14.2. The quantitative estimate of drug-likeness (QED) is 0.531. The number of hydrogen-bond donors (Lipinski definition) is 4. The smallest absolute Gasteiger partial charge is 0.330 e. The molecule has 128 valence electrons. The van der Waals surface area contributed by atoms with Gasteiger partial charge < -0.3 is 20.6 Å². The second-order valence-corrected chi connectivity index (χ2v) is 5.84. The van der Waals surface area contributed by atoms with Gasteiger partial charge in [0, 0.05) is 15.4 Å². The van der Waals surface area contributed by atoms with Crippen molar-refractivity contribution in [1.82, 2.24) is 0 Å². The van der Waals surface area contributed by atoms with E-state index in [1.54, 1.807) is 0 Å². The zero-order chi connectivity index (χ0) is 17.9. The Balaban J connectivity index is 0.000000243. The molecule has 5 nitrogen and oxygen atoms in total. The summed E-state index contributed by atoms with van der Waals surface area (Å²) >= 11 is 1.82. The van der Waals surface area contributed by atoms with Crippen LogP contribution in [0.15, 0.2) is 70.5 Å². The standard InChI is InChI=1S/C12H9NS.C4H6O2.C2H6O2/c1-3-7-11-9(5-1)13-10-6-2-4-8-12(10)14-11;1-3(2)4(5)6;3-1-2-4/h1-8,13H;1H2,2H3,(H,5,6);3-4H,1-2H2. The van der Waals surface area contributed by atoms with Gasteiger partial charge in [0.25, 0.3) is 0 Å². The van der Waals surface area contributed by atoms with Crippen LogP contribution in [0.4, 0.5) is 11.4 Å². The molecule has 0 amide bonds. The van der Waals surface area contributed by atoms with Gasteiger partial charge in [0.15, 0.2) is 0 Å². The molecule has 0 radical (unpaired) electrons. The maximum Gasteiger partial charge on any atom is 0.330 e. The molecule has 0 aromatic heterocycles. The maximum absolute atomic E-state index is 9.60. The maximum atomic E-state index is 9.60. The lowest BCUT2D eigenvalue weighted by Crippen LogP contribution is -1.98. The highest BCUT2D eigenvalue weighted by atomic mass is 32.2. The molecule has 2 aromatic carbocycles. The third-order valence-electron chi connectivity index (χ3n) is 2.73. The largest absolute Gasteiger partial charge is 0.478 e. The van der Waals surface area contributed by atoms with Gasteiger partial charge in [-0.1, -0.05) is 42.6 Å². The highest BCUT2D eigenvalue weighted by molar-refractivity contribution is 7.99. The molecule has 24 heavy (non-hydrogen) atoms. The third kappa shape index (κ3) is 6.45. The Morgan fingerprint density at radius 1 is 1.00 bits per heavy atom. The van der Waals surface area contributed by atoms with Crippen molar-refractivity contribution >= 4 is 29.1 Å². The van der Waals surface area contributed by atoms with Gasteiger partial charge in [-0.05, 0) is 31.2 Å². The lowest BCUT2D eigenvalue weighted by Gasteiger charge is -2.19. The lowest BCUT2D eigenvalue weighted by atomic mass is 10.2. The van der Waals surface area contributed by atoms with E-state index in [0.29, 0.717) is 0 Å². The number of fused-ring (bicyclic) bond motifs is 2. The van der Waals surface area contributed by atoms with Crippen molar-refractivity contribution in [1.29, 1.82) is 0 Å². The number of benzene rings is 2. The molecule has 0 unspecified atom stereocenters. The summed E-state index contributed by atoms with van der Waals surface area (Å²) in [7, 11) is 0. The van der Waals surface area contributed by atoms with E-state index >= 15 is 0 Å². The molecule has 0 spiro atoms. The molecule has 2 aromatic rings. The first kappa shape index (κ1) is 19.8. The van der Waals surface area contributed by atoms with Crippen LogP contribution in [0.1, 0.15) is 6.92 Å². The number of carboxylic acids is 1. The van der Waals surface area contributed by atoms with Crippen LogP contribution in [0.25, 0.3) is 0 Å². The SMILES string of the molecule is C=C(C)C(=O)O.OCCO.c1ccc2c(c1)Nc1ccccc1S2. The molecule has 6 heteroatoms. The van der Waals surface area contributed by atoms with Gasteiger partial charge in [-0.3, -0.25) is 0 Å². The summed E-state index contributed by atoms with van der Waals surface area (Å²) in [5.74, 6) is -0.935. The molecule has 1 aliphatic heterocycles. The summed E-state index contributed by atoms with van der Waals surface area (Å²) in [5.41, 5.74) is 2.59. The summed E-state index contributed by atoms with van der Waals surface area (Å²) in [4.78, 5) is 12.2. The Morgan fingerprint density at radius 2 is 1.38 bits per heavy atom. The Morgan fingerprint density at radius 3 is 1.71 bits per heavy atom. The molecule has 3 rings (SSSR count). The van der Waals surface area contributed by atoms with E-state index in [0.717, 1.165) is 0 Å². The van der Waals surface area contributed by atoms with Gasteiger partial charge in [-0.15, -0.1) is 0 Å². The van der Waals surface area contributed by atoms with Crippen molar-refractivity contribution < 1.29 is 20.1 Å². The van der Waals surface area contributed by atoms with E-state index in [4.69, 9.17) is 15.3 Å². The molecule has 0 fully saturated rings. The van der Waals surface area contributed by atoms with Crippen LogP contribution in [0.5, 0.6) is 0 Å². The first-order valence-electron chi connectivity index (χ1n) is 7.23. The molecule has 1 aliphatic rings. The molecule has 0 atom stereocenters. The zero-order valence-electron chi connectivity index (χ0n) is 13.4. The van der Waals surface area contributed by atoms with E-state index in [-0.39, 0.29) is 18.8 Å². The summed E-state index contributed by atoms with van der Waals surface area (Å²) in [6, 6.07) is 16.8. The van der Waals surface area contributed by atoms with Crippen molar-refractivity contribution in [3.8, 4) is 0 Å². The van der Waals surface area contributed by atoms with Crippen LogP contribution in [-0.2, 0) is 4.79 Å². The number of hydrogen-bond acceptors (Lipinski definition) is 5. The van der Waals surface area contributed by atoms with Crippen molar-refractivity contribution in [2.75, 3.05) is 18.5 Å². The minimum absolute atomic E-state index is 0.125. The van der Waals surface area contributed by atoms with Crippen molar-refractivity contribution in [3.05, 3.63) is 60.7 Å². The first-order valence-corrected chi connectivity index (χ1v) is 8.04. The summed E-state index contributed by atoms with van der Waals surface area (Å²) in [6.07, 6.45) is 0. The minimum atomic E-state index is -0.935. The molecule has 4 N–H and O–H groups in total. The fourth-order valence-electron chi connectivity index (χ4n) is 1.58. The predicted octanol–water partition coefficient (Wildman–Crippen LogP) is 3.51. The minimum Gasteiger partial charge on any atom is -0.478 e. The summed E-state index contributed by atoms with van der Waals surface area (Å²) < 4.78 is 0. The average Bonchev–Trinajstić information content (AvgIpc) is 2.60. The van der Waals surface area contributed by atoms with Crippen LogP contribution in [0, 0.1) is 0 Å². The Kier molecular flexibility index (Phi) is 8.64. The number of aliphatic carboxylic acids is 1. The second kappa shape index (κ2) is 10.5. The van der Waals surface area contributed by atoms with Crippen molar-refractivity contribution in [3.63, 3.8) is 0 Å². The van der Waals surface area contributed by atoms with Crippen LogP contribution < -0.4 is 5.32 Å². The van der Waals surface area contributed by atoms with Crippen molar-refractivity contribution in [2.45, 2.75) is 16.7 Å². The summed E-state index contributed by atoms with van der Waals surface area (Å²) in [5, 5.41) is 26.6. The molecule has 0 bridgehead atoms. The number of aliphatic hydroxyl groups is 2. The third-order valence-corrected chi connectivity index (χ3v) is 3.88. The monoisotopic (exact) mass is 347 g/mol. The topological polar surface area (TPSA) is 89.8 Å². The molecule has 0 saturated heterocycles. The normalized spacial score (nSPS) is 10.5. The van der Waals surface area contributed by atoms with Gasteiger partial charge in [-0.2, -0.15) is 0 Å². The highest BCUT2D eigenvalue weighted by Gasteiger charge is 2.13. The predicted molar refractivity (Wildman–Crippen MR) is 96.9 cm³/mol. The van der Waals surface area contributed by atoms with Gasteiger partial charge in [-0.25, -0.2) is 4.79 Å². The van der Waals surface area contributed by atoms with E-state index < -0.39 is 5.97 Å². The second-order valence-electron chi connectivity index (χ2n) is 4.75. The number of carboxylic acid groups (broad SMARTS) is 1. The van der Waals surface area contributed by atoms with Crippen LogP contribution >= 0.6 is 11.8 Å². The molecular formula is C18H21NO4S. The molecule has 0 aliphatic carbocycles. The van der Waals surface area contributed by atoms with E-state index in [9.17, 15) is 4.79 Å². The van der Waals surface area contributed by atoms with Crippen LogP contribution in [0.3, 0.4) is 0 Å². The van der Waals surface area contributed by atoms with Crippen LogP contribution in [-0.4, -0.2) is 34.5 Å². The number of rotatable bonds is 2. The number of aliphatic hydroxyl groups excluding tert-OH is 2. The van der Waals surface area contributed by atoms with Gasteiger partial charge in [0.1, 0.15) is 0 Å². The Bertz CT molecular complexity index is 587. The van der Waals surface area contributed by atoms with Crippen LogP contribution in [0.2, 0.25) is 0 Å². The average molecular weight is 347 g/mol. The first-order chi connectivity index (χ1) is 11.5. The van der Waals surface area contributed by atoms with Crippen molar-refractivity contribution in [2.24, 2.45) is 0 Å². The number of para-hydroxylation sites is 2. The van der Waals surface area contributed by atoms with Gasteiger partial charge >= 0.3 is 5.97 Å². The fourth-order valence-corrected chi connectivity index (χ4v) is 2.57. The van der Waals surface area contributed by atoms with E-state index in [2.05, 4.69) is 60.4 Å². The molecule has 1 heterocycles. The van der Waals surface area contributed by atoms with E-state index in [1.807, 2.05) is 11.8 Å². The Hall–Kier alpha value is -2.28. The highest BCUT2D eigenvalue weighted by Crippen LogP contribution is 2.43. The Labute approximate surface area is 145 Å². The van der Waals surface area contributed by atoms with Gasteiger partial charge in [0.05, 0.1) is 24.6 Å². The summed E-state index contributed by atoms with van der Waals surface area (Å²) in [6.45, 7) is 4.35. The number of carbonyl (C=O) groups is 1. The van der Waals surface area contributed by atoms with E-state index in [1.165, 1.54) is 28.1 Å². The molecular weight excluding hydrogens is 326 g/mol. The number of nitrogens with one attached hydrogen (secondary N) is 1.